The molecule has 1 rings (SSSR count). The topological polar surface area (TPSA) is 42.0 Å². The molecule has 1 atom stereocenters. The Hall–Kier alpha value is -1.09. The lowest BCUT2D eigenvalue weighted by Crippen LogP contribution is -2.41. The Kier molecular flexibility index (Phi) is 4.86. The lowest BCUT2D eigenvalue weighted by atomic mass is 9.87. The average molecular weight is 297 g/mol. The minimum atomic E-state index is -0.143. The maximum absolute atomic E-state index is 12.3. The van der Waals surface area contributed by atoms with Crippen LogP contribution in [-0.4, -0.2) is 16.9 Å². The van der Waals surface area contributed by atoms with Crippen LogP contribution in [0.5, 0.6) is 0 Å². The van der Waals surface area contributed by atoms with Crippen LogP contribution in [0.15, 0.2) is 12.1 Å². The molecule has 4 heteroatoms. The molecule has 0 saturated carbocycles. The molecule has 1 aromatic heterocycles. The Labute approximate surface area is 127 Å². The second-order valence-corrected chi connectivity index (χ2v) is 7.76. The number of nitrogens with one attached hydrogen (secondary N) is 1. The molecular formula is C16H25ClN2O. The van der Waals surface area contributed by atoms with E-state index in [9.17, 15) is 4.79 Å². The second kappa shape index (κ2) is 5.72. The quantitative estimate of drug-likeness (QED) is 0.831. The van der Waals surface area contributed by atoms with Crippen LogP contribution in [-0.2, 0) is 5.41 Å². The Bertz CT molecular complexity index is 498. The molecule has 0 saturated heterocycles. The third-order valence-electron chi connectivity index (χ3n) is 3.47. The summed E-state index contributed by atoms with van der Waals surface area (Å²) in [6.07, 6.45) is 0. The Morgan fingerprint density at radius 2 is 1.75 bits per heavy atom. The van der Waals surface area contributed by atoms with Crippen LogP contribution in [0.3, 0.4) is 0 Å². The molecule has 1 N–H and O–H groups in total. The van der Waals surface area contributed by atoms with Gasteiger partial charge in [-0.1, -0.05) is 53.1 Å². The number of amides is 1. The molecule has 1 unspecified atom stereocenters. The fourth-order valence-corrected chi connectivity index (χ4v) is 1.72. The summed E-state index contributed by atoms with van der Waals surface area (Å²) in [5, 5.41) is 3.37. The molecule has 3 nitrogen and oxygen atoms in total. The van der Waals surface area contributed by atoms with Crippen molar-refractivity contribution in [3.63, 3.8) is 0 Å². The van der Waals surface area contributed by atoms with Crippen LogP contribution in [0.25, 0.3) is 0 Å². The fourth-order valence-electron chi connectivity index (χ4n) is 1.51. The molecule has 0 spiro atoms. The van der Waals surface area contributed by atoms with Crippen molar-refractivity contribution in [2.75, 3.05) is 0 Å². The molecule has 0 aliphatic heterocycles. The number of hydrogen-bond acceptors (Lipinski definition) is 2. The number of nitrogens with zero attached hydrogens (tertiary/aromatic N) is 1. The minimum Gasteiger partial charge on any atom is -0.349 e. The first kappa shape index (κ1) is 17.0. The first-order valence-corrected chi connectivity index (χ1v) is 7.28. The lowest BCUT2D eigenvalue weighted by Gasteiger charge is -2.28. The third kappa shape index (κ3) is 4.48. The van der Waals surface area contributed by atoms with Gasteiger partial charge in [-0.2, -0.15) is 0 Å². The molecule has 0 aliphatic carbocycles. The van der Waals surface area contributed by atoms with Crippen LogP contribution in [0, 0.1) is 5.41 Å². The molecule has 112 valence electrons. The van der Waals surface area contributed by atoms with Gasteiger partial charge in [0.05, 0.1) is 0 Å². The van der Waals surface area contributed by atoms with Gasteiger partial charge in [-0.05, 0) is 24.5 Å². The number of halogens is 1. The maximum Gasteiger partial charge on any atom is 0.251 e. The molecule has 0 aromatic carbocycles. The summed E-state index contributed by atoms with van der Waals surface area (Å²) in [6, 6.07) is 3.50. The van der Waals surface area contributed by atoms with E-state index in [1.807, 2.05) is 33.8 Å². The molecule has 0 radical (unpaired) electrons. The summed E-state index contributed by atoms with van der Waals surface area (Å²) in [6.45, 7) is 14.4. The Morgan fingerprint density at radius 1 is 1.20 bits per heavy atom. The van der Waals surface area contributed by atoms with E-state index in [0.29, 0.717) is 10.7 Å². The van der Waals surface area contributed by atoms with Crippen molar-refractivity contribution < 1.29 is 4.79 Å². The van der Waals surface area contributed by atoms with Gasteiger partial charge in [0.2, 0.25) is 0 Å². The van der Waals surface area contributed by atoms with Crippen molar-refractivity contribution in [1.82, 2.24) is 10.3 Å². The number of aromatic nitrogens is 1. The first-order valence-electron chi connectivity index (χ1n) is 6.90. The summed E-state index contributed by atoms with van der Waals surface area (Å²) in [5.41, 5.74) is 1.25. The van der Waals surface area contributed by atoms with Crippen LogP contribution >= 0.6 is 11.6 Å². The van der Waals surface area contributed by atoms with Gasteiger partial charge in [0.25, 0.3) is 5.91 Å². The van der Waals surface area contributed by atoms with Crippen molar-refractivity contribution >= 4 is 17.5 Å². The van der Waals surface area contributed by atoms with E-state index >= 15 is 0 Å². The van der Waals surface area contributed by atoms with Gasteiger partial charge in [-0.15, -0.1) is 0 Å². The zero-order valence-electron chi connectivity index (χ0n) is 13.5. The Morgan fingerprint density at radius 3 is 2.20 bits per heavy atom. The van der Waals surface area contributed by atoms with E-state index in [0.717, 1.165) is 5.69 Å². The van der Waals surface area contributed by atoms with Crippen molar-refractivity contribution in [2.45, 2.75) is 59.9 Å². The van der Waals surface area contributed by atoms with Crippen molar-refractivity contribution in [3.8, 4) is 0 Å². The summed E-state index contributed by atoms with van der Waals surface area (Å²) >= 11 is 6.04. The van der Waals surface area contributed by atoms with Crippen LogP contribution in [0.2, 0.25) is 5.15 Å². The minimum absolute atomic E-state index is 0.0132. The SMILES string of the molecule is CC(NC(=O)c1cc(Cl)nc(C(C)(C)C)c1)C(C)(C)C. The molecule has 1 amide bonds. The van der Waals surface area contributed by atoms with Crippen LogP contribution in [0.4, 0.5) is 0 Å². The molecule has 20 heavy (non-hydrogen) atoms. The monoisotopic (exact) mass is 296 g/mol. The summed E-state index contributed by atoms with van der Waals surface area (Å²) < 4.78 is 0. The zero-order valence-corrected chi connectivity index (χ0v) is 14.2. The molecule has 1 heterocycles. The standard InChI is InChI=1S/C16H25ClN2O/c1-10(15(2,3)4)18-14(20)11-8-12(16(5,6)7)19-13(17)9-11/h8-10H,1-7H3,(H,18,20). The van der Waals surface area contributed by atoms with Gasteiger partial charge in [0.15, 0.2) is 0 Å². The molecule has 0 fully saturated rings. The molecule has 1 aromatic rings. The zero-order chi connectivity index (χ0) is 15.7. The normalized spacial score (nSPS) is 14.0. The number of carbonyl (C=O) groups is 1. The van der Waals surface area contributed by atoms with Gasteiger partial charge >= 0.3 is 0 Å². The number of rotatable bonds is 2. The number of hydrogen-bond donors (Lipinski definition) is 1. The molecule has 0 bridgehead atoms. The van der Waals surface area contributed by atoms with E-state index in [2.05, 4.69) is 31.1 Å². The first-order chi connectivity index (χ1) is 8.91. The smallest absolute Gasteiger partial charge is 0.251 e. The average Bonchev–Trinajstić information content (AvgIpc) is 2.25. The molecular weight excluding hydrogens is 272 g/mol. The fraction of sp³-hybridized carbons (Fsp3) is 0.625. The molecule has 0 aliphatic rings. The Balaban J connectivity index is 3.03. The van der Waals surface area contributed by atoms with Crippen molar-refractivity contribution in [3.05, 3.63) is 28.5 Å². The highest BCUT2D eigenvalue weighted by molar-refractivity contribution is 6.29. The highest BCUT2D eigenvalue weighted by atomic mass is 35.5. The number of carbonyl (C=O) groups excluding carboxylic acids is 1. The summed E-state index contributed by atoms with van der Waals surface area (Å²) in [7, 11) is 0. The second-order valence-electron chi connectivity index (χ2n) is 7.37. The van der Waals surface area contributed by atoms with Crippen LogP contribution in [0.1, 0.15) is 64.5 Å². The predicted molar refractivity (Wildman–Crippen MR) is 84.3 cm³/mol. The van der Waals surface area contributed by atoms with E-state index in [-0.39, 0.29) is 22.8 Å². The predicted octanol–water partition coefficient (Wildman–Crippen LogP) is 4.20. The van der Waals surface area contributed by atoms with Gasteiger partial charge in [-0.25, -0.2) is 4.98 Å². The summed E-state index contributed by atoms with van der Waals surface area (Å²) in [5.74, 6) is -0.109. The third-order valence-corrected chi connectivity index (χ3v) is 3.66. The van der Waals surface area contributed by atoms with E-state index in [4.69, 9.17) is 11.6 Å². The van der Waals surface area contributed by atoms with Crippen molar-refractivity contribution in [2.24, 2.45) is 5.41 Å². The van der Waals surface area contributed by atoms with Gasteiger partial charge in [0, 0.05) is 22.7 Å². The highest BCUT2D eigenvalue weighted by Crippen LogP contribution is 2.24. The van der Waals surface area contributed by atoms with Gasteiger partial charge in [-0.3, -0.25) is 4.79 Å². The van der Waals surface area contributed by atoms with E-state index < -0.39 is 0 Å². The van der Waals surface area contributed by atoms with E-state index in [1.54, 1.807) is 6.07 Å². The van der Waals surface area contributed by atoms with Crippen molar-refractivity contribution in [1.29, 1.82) is 0 Å². The lowest BCUT2D eigenvalue weighted by molar-refractivity contribution is 0.0910. The van der Waals surface area contributed by atoms with Crippen LogP contribution < -0.4 is 5.32 Å². The van der Waals surface area contributed by atoms with E-state index in [1.165, 1.54) is 0 Å². The highest BCUT2D eigenvalue weighted by Gasteiger charge is 2.24. The summed E-state index contributed by atoms with van der Waals surface area (Å²) in [4.78, 5) is 16.6. The van der Waals surface area contributed by atoms with Gasteiger partial charge < -0.3 is 5.32 Å². The maximum atomic E-state index is 12.3. The largest absolute Gasteiger partial charge is 0.349 e. The number of pyridine rings is 1. The van der Waals surface area contributed by atoms with Gasteiger partial charge in [0.1, 0.15) is 5.15 Å².